The molecule has 0 saturated heterocycles. The van der Waals surface area contributed by atoms with E-state index < -0.39 is 0 Å². The predicted molar refractivity (Wildman–Crippen MR) is 82.2 cm³/mol. The minimum Gasteiger partial charge on any atom is -0.497 e. The van der Waals surface area contributed by atoms with Crippen LogP contribution in [0.4, 0.5) is 5.00 Å². The van der Waals surface area contributed by atoms with Crippen LogP contribution < -0.4 is 10.5 Å². The van der Waals surface area contributed by atoms with Gasteiger partial charge in [0.05, 0.1) is 12.1 Å². The molecule has 0 bridgehead atoms. The summed E-state index contributed by atoms with van der Waals surface area (Å²) in [6, 6.07) is 4.20. The average Bonchev–Trinajstić information content (AvgIpc) is 2.90. The molecule has 2 nitrogen and oxygen atoms in total. The molecule has 1 aliphatic carbocycles. The number of benzene rings is 1. The number of anilines is 1. The second-order valence-corrected chi connectivity index (χ2v) is 6.37. The lowest BCUT2D eigenvalue weighted by molar-refractivity contribution is 0.414. The van der Waals surface area contributed by atoms with Crippen molar-refractivity contribution in [3.63, 3.8) is 0 Å². The number of rotatable bonds is 2. The Morgan fingerprint density at radius 3 is 2.42 bits per heavy atom. The molecule has 0 atom stereocenters. The van der Waals surface area contributed by atoms with Gasteiger partial charge < -0.3 is 10.5 Å². The minimum absolute atomic E-state index is 0.921. The molecule has 1 aromatic heterocycles. The molecule has 1 aromatic carbocycles. The molecule has 3 rings (SSSR count). The van der Waals surface area contributed by atoms with Crippen molar-refractivity contribution in [2.24, 2.45) is 0 Å². The Bertz CT molecular complexity index is 619. The van der Waals surface area contributed by atoms with Crippen LogP contribution in [0.1, 0.15) is 28.0 Å². The molecule has 3 heteroatoms. The van der Waals surface area contributed by atoms with E-state index in [0.29, 0.717) is 0 Å². The number of hydrogen-bond acceptors (Lipinski definition) is 3. The van der Waals surface area contributed by atoms with E-state index in [2.05, 4.69) is 26.0 Å². The van der Waals surface area contributed by atoms with Crippen LogP contribution in [0, 0.1) is 13.8 Å². The van der Waals surface area contributed by atoms with Gasteiger partial charge in [-0.25, -0.2) is 0 Å². The highest BCUT2D eigenvalue weighted by molar-refractivity contribution is 7.16. The fourth-order valence-corrected chi connectivity index (χ4v) is 4.30. The number of hydrogen-bond donors (Lipinski definition) is 1. The summed E-state index contributed by atoms with van der Waals surface area (Å²) < 4.78 is 5.34. The molecule has 0 unspecified atom stereocenters. The number of thiophene rings is 1. The van der Waals surface area contributed by atoms with Crippen molar-refractivity contribution < 1.29 is 4.74 Å². The van der Waals surface area contributed by atoms with Crippen LogP contribution in [0.25, 0.3) is 11.1 Å². The quantitative estimate of drug-likeness (QED) is 0.893. The van der Waals surface area contributed by atoms with Crippen LogP contribution in [0.5, 0.6) is 5.75 Å². The van der Waals surface area contributed by atoms with E-state index in [0.717, 1.165) is 10.8 Å². The van der Waals surface area contributed by atoms with Gasteiger partial charge in [-0.2, -0.15) is 0 Å². The lowest BCUT2D eigenvalue weighted by Crippen LogP contribution is -1.95. The van der Waals surface area contributed by atoms with Crippen LogP contribution in [0.2, 0.25) is 0 Å². The zero-order valence-electron chi connectivity index (χ0n) is 11.7. The lowest BCUT2D eigenvalue weighted by Gasteiger charge is -2.13. The maximum Gasteiger partial charge on any atom is 0.119 e. The van der Waals surface area contributed by atoms with Gasteiger partial charge in [-0.1, -0.05) is 0 Å². The number of methoxy groups -OCH3 is 1. The molecule has 0 saturated carbocycles. The van der Waals surface area contributed by atoms with Gasteiger partial charge in [0.2, 0.25) is 0 Å². The highest BCUT2D eigenvalue weighted by Gasteiger charge is 2.23. The number of aryl methyl sites for hydroxylation is 3. The molecule has 0 radical (unpaired) electrons. The van der Waals surface area contributed by atoms with Crippen molar-refractivity contribution >= 4 is 16.3 Å². The number of fused-ring (bicyclic) bond motifs is 1. The number of nitrogen functional groups attached to an aromatic ring is 1. The Morgan fingerprint density at radius 2 is 1.79 bits per heavy atom. The van der Waals surface area contributed by atoms with Crippen molar-refractivity contribution in [2.45, 2.75) is 33.1 Å². The van der Waals surface area contributed by atoms with Crippen molar-refractivity contribution in [1.82, 2.24) is 0 Å². The topological polar surface area (TPSA) is 35.2 Å². The van der Waals surface area contributed by atoms with Gasteiger partial charge in [-0.15, -0.1) is 11.3 Å². The SMILES string of the molecule is COc1cc(C)c(-c2c(N)sc3c2CCC3)c(C)c1. The summed E-state index contributed by atoms with van der Waals surface area (Å²) in [5, 5.41) is 0.973. The first-order chi connectivity index (χ1) is 9.11. The Kier molecular flexibility index (Phi) is 3.02. The van der Waals surface area contributed by atoms with Gasteiger partial charge in [0, 0.05) is 10.4 Å². The predicted octanol–water partition coefficient (Wildman–Crippen LogP) is 4.11. The van der Waals surface area contributed by atoms with Crippen LogP contribution in [-0.4, -0.2) is 7.11 Å². The van der Waals surface area contributed by atoms with Crippen LogP contribution in [-0.2, 0) is 12.8 Å². The molecular weight excluding hydrogens is 254 g/mol. The summed E-state index contributed by atoms with van der Waals surface area (Å²) in [5.74, 6) is 0.921. The van der Waals surface area contributed by atoms with Crippen molar-refractivity contribution in [3.05, 3.63) is 33.7 Å². The molecule has 100 valence electrons. The molecule has 2 aromatic rings. The Hall–Kier alpha value is -1.48. The van der Waals surface area contributed by atoms with Gasteiger partial charge in [-0.05, 0) is 67.5 Å². The highest BCUT2D eigenvalue weighted by Crippen LogP contribution is 2.45. The van der Waals surface area contributed by atoms with Crippen LogP contribution >= 0.6 is 11.3 Å². The molecule has 0 aliphatic heterocycles. The van der Waals surface area contributed by atoms with Gasteiger partial charge in [0.15, 0.2) is 0 Å². The van der Waals surface area contributed by atoms with E-state index in [1.807, 2.05) is 0 Å². The van der Waals surface area contributed by atoms with Gasteiger partial charge in [0.25, 0.3) is 0 Å². The first-order valence-electron chi connectivity index (χ1n) is 6.67. The maximum atomic E-state index is 6.28. The lowest BCUT2D eigenvalue weighted by atomic mass is 9.93. The first-order valence-corrected chi connectivity index (χ1v) is 7.49. The van der Waals surface area contributed by atoms with E-state index >= 15 is 0 Å². The molecule has 1 aliphatic rings. The Morgan fingerprint density at radius 1 is 1.11 bits per heavy atom. The third kappa shape index (κ3) is 1.93. The van der Waals surface area contributed by atoms with E-state index in [1.54, 1.807) is 18.4 Å². The van der Waals surface area contributed by atoms with E-state index in [9.17, 15) is 0 Å². The van der Waals surface area contributed by atoms with Gasteiger partial charge >= 0.3 is 0 Å². The first kappa shape index (κ1) is 12.5. The third-order valence-electron chi connectivity index (χ3n) is 3.94. The summed E-state index contributed by atoms with van der Waals surface area (Å²) in [4.78, 5) is 1.49. The fourth-order valence-electron chi connectivity index (χ4n) is 3.14. The van der Waals surface area contributed by atoms with Crippen molar-refractivity contribution in [3.8, 4) is 16.9 Å². The summed E-state index contributed by atoms with van der Waals surface area (Å²) in [6.07, 6.45) is 3.63. The zero-order valence-corrected chi connectivity index (χ0v) is 12.5. The molecule has 2 N–H and O–H groups in total. The summed E-state index contributed by atoms with van der Waals surface area (Å²) in [7, 11) is 1.71. The molecule has 0 spiro atoms. The fraction of sp³-hybridized carbons (Fsp3) is 0.375. The third-order valence-corrected chi connectivity index (χ3v) is 5.06. The van der Waals surface area contributed by atoms with E-state index in [4.69, 9.17) is 10.5 Å². The number of nitrogens with two attached hydrogens (primary N) is 1. The standard InChI is InChI=1S/C16H19NOS/c1-9-7-11(18-3)8-10(2)14(9)15-12-5-4-6-13(12)19-16(15)17/h7-8H,4-6,17H2,1-3H3. The summed E-state index contributed by atoms with van der Waals surface area (Å²) in [5.41, 5.74) is 12.8. The molecule has 0 fully saturated rings. The molecular formula is C16H19NOS. The molecule has 1 heterocycles. The molecule has 19 heavy (non-hydrogen) atoms. The minimum atomic E-state index is 0.921. The van der Waals surface area contributed by atoms with Crippen LogP contribution in [0.3, 0.4) is 0 Å². The van der Waals surface area contributed by atoms with Gasteiger partial charge in [-0.3, -0.25) is 0 Å². The Balaban J connectivity index is 2.23. The monoisotopic (exact) mass is 273 g/mol. The van der Waals surface area contributed by atoms with Crippen molar-refractivity contribution in [2.75, 3.05) is 12.8 Å². The van der Waals surface area contributed by atoms with Crippen molar-refractivity contribution in [1.29, 1.82) is 0 Å². The average molecular weight is 273 g/mol. The normalized spacial score (nSPS) is 13.6. The number of ether oxygens (including phenoxy) is 1. The summed E-state index contributed by atoms with van der Waals surface area (Å²) >= 11 is 1.77. The summed E-state index contributed by atoms with van der Waals surface area (Å²) in [6.45, 7) is 4.28. The largest absolute Gasteiger partial charge is 0.497 e. The maximum absolute atomic E-state index is 6.28. The second kappa shape index (κ2) is 4.57. The van der Waals surface area contributed by atoms with E-state index in [-0.39, 0.29) is 0 Å². The zero-order chi connectivity index (χ0) is 13.6. The van der Waals surface area contributed by atoms with Crippen LogP contribution in [0.15, 0.2) is 12.1 Å². The van der Waals surface area contributed by atoms with Gasteiger partial charge in [0.1, 0.15) is 5.75 Å². The highest BCUT2D eigenvalue weighted by atomic mass is 32.1. The van der Waals surface area contributed by atoms with E-state index in [1.165, 1.54) is 52.0 Å². The Labute approximate surface area is 118 Å². The smallest absolute Gasteiger partial charge is 0.119 e. The second-order valence-electron chi connectivity index (χ2n) is 5.23. The molecule has 0 amide bonds.